The van der Waals surface area contributed by atoms with Gasteiger partial charge < -0.3 is 15.2 Å². The molecular formula is C17H12BrClN2O3. The molecule has 0 radical (unpaired) electrons. The first-order valence-electron chi connectivity index (χ1n) is 6.70. The third kappa shape index (κ3) is 4.28. The number of nitriles is 1. The van der Waals surface area contributed by atoms with Gasteiger partial charge in [0.05, 0.1) is 11.6 Å². The lowest BCUT2D eigenvalue weighted by Crippen LogP contribution is -2.13. The predicted octanol–water partition coefficient (Wildman–Crippen LogP) is 4.36. The molecule has 0 spiro atoms. The number of aromatic hydroxyl groups is 1. The lowest BCUT2D eigenvalue weighted by atomic mass is 10.1. The summed E-state index contributed by atoms with van der Waals surface area (Å²) in [5, 5.41) is 22.2. The molecule has 24 heavy (non-hydrogen) atoms. The van der Waals surface area contributed by atoms with Crippen LogP contribution in [-0.4, -0.2) is 18.1 Å². The normalized spacial score (nSPS) is 10.8. The van der Waals surface area contributed by atoms with Crippen LogP contribution in [0.4, 0.5) is 5.69 Å². The van der Waals surface area contributed by atoms with Crippen molar-refractivity contribution in [1.29, 1.82) is 5.26 Å². The summed E-state index contributed by atoms with van der Waals surface area (Å²) < 4.78 is 5.41. The minimum Gasteiger partial charge on any atom is -0.506 e. The molecule has 2 N–H and O–H groups in total. The minimum atomic E-state index is -0.599. The Kier molecular flexibility index (Phi) is 5.85. The Hall–Kier alpha value is -2.49. The van der Waals surface area contributed by atoms with E-state index in [-0.39, 0.29) is 16.9 Å². The summed E-state index contributed by atoms with van der Waals surface area (Å²) in [6.45, 7) is 0. The Morgan fingerprint density at radius 2 is 2.04 bits per heavy atom. The summed E-state index contributed by atoms with van der Waals surface area (Å²) in [5.41, 5.74) is 0.601. The zero-order valence-corrected chi connectivity index (χ0v) is 14.9. The van der Waals surface area contributed by atoms with E-state index in [2.05, 4.69) is 21.2 Å². The number of halogens is 2. The van der Waals surface area contributed by atoms with Gasteiger partial charge in [-0.05, 0) is 58.4 Å². The SMILES string of the molecule is COc1ccc(NC(=O)/C(C#N)=C\c2cc(Cl)cc(Br)c2O)cc1. The predicted molar refractivity (Wildman–Crippen MR) is 96.0 cm³/mol. The second kappa shape index (κ2) is 7.86. The van der Waals surface area contributed by atoms with E-state index < -0.39 is 5.91 Å². The fraction of sp³-hybridized carbons (Fsp3) is 0.0588. The van der Waals surface area contributed by atoms with E-state index in [0.29, 0.717) is 20.9 Å². The molecule has 0 unspecified atom stereocenters. The number of hydrogen-bond donors (Lipinski definition) is 2. The van der Waals surface area contributed by atoms with Crippen LogP contribution >= 0.6 is 27.5 Å². The lowest BCUT2D eigenvalue weighted by molar-refractivity contribution is -0.112. The summed E-state index contributed by atoms with van der Waals surface area (Å²) in [5.74, 6) is -0.0553. The molecule has 1 amide bonds. The molecule has 0 saturated heterocycles. The third-order valence-corrected chi connectivity index (χ3v) is 3.89. The number of nitrogens with one attached hydrogen (secondary N) is 1. The fourth-order valence-electron chi connectivity index (χ4n) is 1.87. The molecule has 0 atom stereocenters. The summed E-state index contributed by atoms with van der Waals surface area (Å²) >= 11 is 9.08. The van der Waals surface area contributed by atoms with Crippen LogP contribution in [0.2, 0.25) is 5.02 Å². The highest BCUT2D eigenvalue weighted by atomic mass is 79.9. The number of methoxy groups -OCH3 is 1. The van der Waals surface area contributed by atoms with E-state index in [9.17, 15) is 15.2 Å². The molecule has 0 saturated carbocycles. The molecule has 0 aliphatic rings. The van der Waals surface area contributed by atoms with E-state index in [1.54, 1.807) is 31.4 Å². The molecule has 122 valence electrons. The zero-order chi connectivity index (χ0) is 17.7. The molecule has 0 aromatic heterocycles. The van der Waals surface area contributed by atoms with Crippen molar-refractivity contribution in [1.82, 2.24) is 0 Å². The van der Waals surface area contributed by atoms with Crippen LogP contribution in [-0.2, 0) is 4.79 Å². The van der Waals surface area contributed by atoms with Gasteiger partial charge >= 0.3 is 0 Å². The molecule has 5 nitrogen and oxygen atoms in total. The molecule has 0 bridgehead atoms. The van der Waals surface area contributed by atoms with Crippen LogP contribution in [0.25, 0.3) is 6.08 Å². The van der Waals surface area contributed by atoms with E-state index in [1.165, 1.54) is 18.2 Å². The van der Waals surface area contributed by atoms with Crippen LogP contribution in [0.3, 0.4) is 0 Å². The number of nitrogens with zero attached hydrogens (tertiary/aromatic N) is 1. The van der Waals surface area contributed by atoms with Gasteiger partial charge in [-0.2, -0.15) is 5.26 Å². The molecule has 0 fully saturated rings. The fourth-order valence-corrected chi connectivity index (χ4v) is 2.71. The van der Waals surface area contributed by atoms with Gasteiger partial charge in [0.25, 0.3) is 5.91 Å². The molecule has 2 rings (SSSR count). The number of phenolic OH excluding ortho intramolecular Hbond substituents is 1. The van der Waals surface area contributed by atoms with Crippen LogP contribution in [0.1, 0.15) is 5.56 Å². The average Bonchev–Trinajstić information content (AvgIpc) is 2.57. The molecule has 7 heteroatoms. The van der Waals surface area contributed by atoms with Crippen molar-refractivity contribution in [3.05, 3.63) is 57.0 Å². The zero-order valence-electron chi connectivity index (χ0n) is 12.5. The molecule has 2 aromatic rings. The van der Waals surface area contributed by atoms with Gasteiger partial charge in [-0.3, -0.25) is 4.79 Å². The lowest BCUT2D eigenvalue weighted by Gasteiger charge is -2.07. The van der Waals surface area contributed by atoms with Crippen LogP contribution < -0.4 is 10.1 Å². The number of carbonyl (C=O) groups is 1. The number of amides is 1. The van der Waals surface area contributed by atoms with Crippen LogP contribution in [0.15, 0.2) is 46.4 Å². The van der Waals surface area contributed by atoms with Gasteiger partial charge in [-0.25, -0.2) is 0 Å². The summed E-state index contributed by atoms with van der Waals surface area (Å²) in [6.07, 6.45) is 1.27. The second-order valence-electron chi connectivity index (χ2n) is 4.68. The van der Waals surface area contributed by atoms with E-state index >= 15 is 0 Å². The van der Waals surface area contributed by atoms with E-state index in [0.717, 1.165) is 0 Å². The summed E-state index contributed by atoms with van der Waals surface area (Å²) in [4.78, 5) is 12.2. The van der Waals surface area contributed by atoms with Gasteiger partial charge in [-0.1, -0.05) is 11.6 Å². The molecule has 0 heterocycles. The summed E-state index contributed by atoms with van der Waals surface area (Å²) in [7, 11) is 1.54. The van der Waals surface area contributed by atoms with Gasteiger partial charge in [0, 0.05) is 16.3 Å². The van der Waals surface area contributed by atoms with Crippen molar-refractivity contribution in [2.24, 2.45) is 0 Å². The highest BCUT2D eigenvalue weighted by Crippen LogP contribution is 2.33. The number of anilines is 1. The summed E-state index contributed by atoms with van der Waals surface area (Å²) in [6, 6.07) is 11.5. The van der Waals surface area contributed by atoms with Crippen molar-refractivity contribution < 1.29 is 14.6 Å². The highest BCUT2D eigenvalue weighted by molar-refractivity contribution is 9.10. The Bertz CT molecular complexity index is 842. The maximum Gasteiger partial charge on any atom is 0.266 e. The molecule has 0 aliphatic carbocycles. The average molecular weight is 408 g/mol. The number of phenols is 1. The molecule has 2 aromatic carbocycles. The molecule has 0 aliphatic heterocycles. The Morgan fingerprint density at radius 3 is 2.62 bits per heavy atom. The highest BCUT2D eigenvalue weighted by Gasteiger charge is 2.13. The smallest absolute Gasteiger partial charge is 0.266 e. The number of benzene rings is 2. The Labute approximate surface area is 152 Å². The van der Waals surface area contributed by atoms with Crippen molar-refractivity contribution in [2.75, 3.05) is 12.4 Å². The van der Waals surface area contributed by atoms with Crippen LogP contribution in [0, 0.1) is 11.3 Å². The maximum atomic E-state index is 12.2. The monoisotopic (exact) mass is 406 g/mol. The Morgan fingerprint density at radius 1 is 1.38 bits per heavy atom. The van der Waals surface area contributed by atoms with Crippen molar-refractivity contribution >= 4 is 45.2 Å². The Balaban J connectivity index is 2.27. The number of carbonyl (C=O) groups excluding carboxylic acids is 1. The largest absolute Gasteiger partial charge is 0.506 e. The number of rotatable bonds is 4. The quantitative estimate of drug-likeness (QED) is 0.583. The first-order chi connectivity index (χ1) is 11.4. The second-order valence-corrected chi connectivity index (χ2v) is 5.97. The van der Waals surface area contributed by atoms with Crippen molar-refractivity contribution in [3.8, 4) is 17.6 Å². The maximum absolute atomic E-state index is 12.2. The molecular weight excluding hydrogens is 396 g/mol. The van der Waals surface area contributed by atoms with Crippen LogP contribution in [0.5, 0.6) is 11.5 Å². The van der Waals surface area contributed by atoms with Gasteiger partial charge in [0.1, 0.15) is 23.1 Å². The first kappa shape index (κ1) is 17.9. The first-order valence-corrected chi connectivity index (χ1v) is 7.87. The minimum absolute atomic E-state index is 0.107. The van der Waals surface area contributed by atoms with Crippen molar-refractivity contribution in [3.63, 3.8) is 0 Å². The topological polar surface area (TPSA) is 82.3 Å². The van der Waals surface area contributed by atoms with E-state index in [1.807, 2.05) is 6.07 Å². The van der Waals surface area contributed by atoms with Gasteiger partial charge in [-0.15, -0.1) is 0 Å². The number of hydrogen-bond acceptors (Lipinski definition) is 4. The number of ether oxygens (including phenoxy) is 1. The third-order valence-electron chi connectivity index (χ3n) is 3.07. The van der Waals surface area contributed by atoms with Crippen molar-refractivity contribution in [2.45, 2.75) is 0 Å². The van der Waals surface area contributed by atoms with E-state index in [4.69, 9.17) is 16.3 Å². The van der Waals surface area contributed by atoms with Gasteiger partial charge in [0.15, 0.2) is 0 Å². The standard InChI is InChI=1S/C17H12BrClN2O3/c1-24-14-4-2-13(3-5-14)21-17(23)11(9-20)6-10-7-12(19)8-15(18)16(10)22/h2-8,22H,1H3,(H,21,23)/b11-6-. The van der Waals surface area contributed by atoms with Gasteiger partial charge in [0.2, 0.25) is 0 Å².